The fourth-order valence-electron chi connectivity index (χ4n) is 1.49. The van der Waals surface area contributed by atoms with Gasteiger partial charge in [-0.1, -0.05) is 13.8 Å². The first kappa shape index (κ1) is 14.4. The molecule has 76 valence electrons. The molecule has 0 saturated carbocycles. The van der Waals surface area contributed by atoms with Crippen molar-refractivity contribution in [1.82, 2.24) is 11.1 Å². The van der Waals surface area contributed by atoms with Gasteiger partial charge in [-0.3, -0.25) is 0 Å². The minimum absolute atomic E-state index is 0. The van der Waals surface area contributed by atoms with Gasteiger partial charge in [0.15, 0.2) is 0 Å². The monoisotopic (exact) mass is 176 g/mol. The first-order chi connectivity index (χ1) is 5.11. The van der Waals surface area contributed by atoms with Crippen molar-refractivity contribution in [2.75, 3.05) is 13.1 Å². The molecule has 3 nitrogen and oxygen atoms in total. The predicted octanol–water partition coefficient (Wildman–Crippen LogP) is 1.65. The van der Waals surface area contributed by atoms with Gasteiger partial charge in [-0.05, 0) is 33.4 Å². The molecule has 2 atom stereocenters. The fourth-order valence-corrected chi connectivity index (χ4v) is 1.49. The lowest BCUT2D eigenvalue weighted by Gasteiger charge is -2.27. The van der Waals surface area contributed by atoms with Crippen molar-refractivity contribution in [3.8, 4) is 0 Å². The summed E-state index contributed by atoms with van der Waals surface area (Å²) >= 11 is 0. The summed E-state index contributed by atoms with van der Waals surface area (Å²) in [5.41, 5.74) is 0. The summed E-state index contributed by atoms with van der Waals surface area (Å²) in [4.78, 5) is 2.35. The lowest BCUT2D eigenvalue weighted by molar-refractivity contribution is 0.126. The molecule has 0 radical (unpaired) electrons. The minimum Gasteiger partial charge on any atom is -0.393 e. The maximum atomic E-state index is 9.14. The SMILES string of the molecule is CCN(CC)C(C)CC(C)O.N. The average molecular weight is 176 g/mol. The number of nitrogens with zero attached hydrogens (tertiary/aromatic N) is 1. The first-order valence-electron chi connectivity index (χ1n) is 4.53. The Morgan fingerprint density at radius 3 is 1.83 bits per heavy atom. The molecule has 2 unspecified atom stereocenters. The van der Waals surface area contributed by atoms with Crippen LogP contribution in [0.3, 0.4) is 0 Å². The third-order valence-corrected chi connectivity index (χ3v) is 2.12. The zero-order chi connectivity index (χ0) is 8.85. The number of aliphatic hydroxyl groups is 1. The third kappa shape index (κ3) is 5.52. The second-order valence-electron chi connectivity index (χ2n) is 3.15. The second-order valence-corrected chi connectivity index (χ2v) is 3.15. The molecular formula is C9H24N2O. The van der Waals surface area contributed by atoms with Crippen LogP contribution in [0.4, 0.5) is 0 Å². The largest absolute Gasteiger partial charge is 0.393 e. The first-order valence-corrected chi connectivity index (χ1v) is 4.53. The highest BCUT2D eigenvalue weighted by Gasteiger charge is 2.11. The van der Waals surface area contributed by atoms with E-state index in [1.54, 1.807) is 0 Å². The van der Waals surface area contributed by atoms with Crippen LogP contribution in [0, 0.1) is 0 Å². The third-order valence-electron chi connectivity index (χ3n) is 2.12. The Hall–Kier alpha value is -0.120. The predicted molar refractivity (Wildman–Crippen MR) is 53.7 cm³/mol. The Bertz CT molecular complexity index is 92.5. The molecule has 4 N–H and O–H groups in total. The van der Waals surface area contributed by atoms with Gasteiger partial charge < -0.3 is 16.2 Å². The topological polar surface area (TPSA) is 58.5 Å². The summed E-state index contributed by atoms with van der Waals surface area (Å²) in [6.45, 7) is 10.5. The maximum Gasteiger partial charge on any atom is 0.0526 e. The number of hydrogen-bond acceptors (Lipinski definition) is 3. The van der Waals surface area contributed by atoms with Crippen molar-refractivity contribution >= 4 is 0 Å². The maximum absolute atomic E-state index is 9.14. The molecule has 0 heterocycles. The Labute approximate surface area is 76.3 Å². The molecule has 0 aliphatic rings. The number of hydrogen-bond donors (Lipinski definition) is 2. The van der Waals surface area contributed by atoms with Gasteiger partial charge in [0.1, 0.15) is 0 Å². The van der Waals surface area contributed by atoms with E-state index in [9.17, 15) is 0 Å². The van der Waals surface area contributed by atoms with Crippen molar-refractivity contribution in [1.29, 1.82) is 0 Å². The molecule has 0 aliphatic carbocycles. The molecule has 0 aromatic heterocycles. The molecule has 0 bridgehead atoms. The molecule has 0 aromatic carbocycles. The zero-order valence-electron chi connectivity index (χ0n) is 8.88. The lowest BCUT2D eigenvalue weighted by Crippen LogP contribution is -2.34. The van der Waals surface area contributed by atoms with E-state index in [1.807, 2.05) is 6.92 Å². The van der Waals surface area contributed by atoms with E-state index in [-0.39, 0.29) is 12.3 Å². The van der Waals surface area contributed by atoms with Gasteiger partial charge in [0.25, 0.3) is 0 Å². The normalized spacial score (nSPS) is 15.5. The van der Waals surface area contributed by atoms with Crippen molar-refractivity contribution < 1.29 is 5.11 Å². The lowest BCUT2D eigenvalue weighted by atomic mass is 10.1. The molecule has 0 amide bonds. The molecule has 12 heavy (non-hydrogen) atoms. The van der Waals surface area contributed by atoms with E-state index in [0.29, 0.717) is 6.04 Å². The Kier molecular flexibility index (Phi) is 9.03. The van der Waals surface area contributed by atoms with Gasteiger partial charge >= 0.3 is 0 Å². The molecule has 0 fully saturated rings. The number of aliphatic hydroxyl groups excluding tert-OH is 1. The van der Waals surface area contributed by atoms with Crippen LogP contribution >= 0.6 is 0 Å². The summed E-state index contributed by atoms with van der Waals surface area (Å²) in [6, 6.07) is 0.505. The highest BCUT2D eigenvalue weighted by molar-refractivity contribution is 4.66. The minimum atomic E-state index is -0.175. The summed E-state index contributed by atoms with van der Waals surface area (Å²) in [5, 5.41) is 9.14. The van der Waals surface area contributed by atoms with E-state index < -0.39 is 0 Å². The van der Waals surface area contributed by atoms with Gasteiger partial charge in [0, 0.05) is 6.04 Å². The molecule has 0 rings (SSSR count). The molecule has 0 aromatic rings. The molecule has 3 heteroatoms. The zero-order valence-corrected chi connectivity index (χ0v) is 8.88. The van der Waals surface area contributed by atoms with Gasteiger partial charge in [-0.15, -0.1) is 0 Å². The van der Waals surface area contributed by atoms with E-state index in [4.69, 9.17) is 5.11 Å². The van der Waals surface area contributed by atoms with Gasteiger partial charge in [-0.25, -0.2) is 0 Å². The van der Waals surface area contributed by atoms with Crippen LogP contribution in [0.25, 0.3) is 0 Å². The van der Waals surface area contributed by atoms with E-state index in [2.05, 4.69) is 25.7 Å². The second kappa shape index (κ2) is 7.53. The van der Waals surface area contributed by atoms with Crippen LogP contribution in [0.5, 0.6) is 0 Å². The summed E-state index contributed by atoms with van der Waals surface area (Å²) in [7, 11) is 0. The van der Waals surface area contributed by atoms with Crippen molar-refractivity contribution in [2.24, 2.45) is 0 Å². The average Bonchev–Trinajstić information content (AvgIpc) is 1.88. The molecule has 0 saturated heterocycles. The van der Waals surface area contributed by atoms with Crippen LogP contribution in [0.1, 0.15) is 34.1 Å². The van der Waals surface area contributed by atoms with Crippen molar-refractivity contribution in [3.05, 3.63) is 0 Å². The smallest absolute Gasteiger partial charge is 0.0526 e. The van der Waals surface area contributed by atoms with Crippen LogP contribution in [-0.4, -0.2) is 35.2 Å². The van der Waals surface area contributed by atoms with Crippen LogP contribution in [-0.2, 0) is 0 Å². The van der Waals surface area contributed by atoms with Gasteiger partial charge in [0.2, 0.25) is 0 Å². The Morgan fingerprint density at radius 2 is 1.58 bits per heavy atom. The van der Waals surface area contributed by atoms with Crippen LogP contribution < -0.4 is 6.15 Å². The van der Waals surface area contributed by atoms with E-state index in [1.165, 1.54) is 0 Å². The molecular weight excluding hydrogens is 152 g/mol. The molecule has 0 aliphatic heterocycles. The fraction of sp³-hybridized carbons (Fsp3) is 1.00. The number of rotatable bonds is 5. The van der Waals surface area contributed by atoms with Gasteiger partial charge in [0.05, 0.1) is 6.10 Å². The van der Waals surface area contributed by atoms with E-state index in [0.717, 1.165) is 19.5 Å². The summed E-state index contributed by atoms with van der Waals surface area (Å²) in [5.74, 6) is 0. The van der Waals surface area contributed by atoms with Crippen molar-refractivity contribution in [3.63, 3.8) is 0 Å². The summed E-state index contributed by atoms with van der Waals surface area (Å²) in [6.07, 6.45) is 0.701. The summed E-state index contributed by atoms with van der Waals surface area (Å²) < 4.78 is 0. The highest BCUT2D eigenvalue weighted by atomic mass is 16.3. The Morgan fingerprint density at radius 1 is 1.17 bits per heavy atom. The van der Waals surface area contributed by atoms with Crippen LogP contribution in [0.2, 0.25) is 0 Å². The van der Waals surface area contributed by atoms with Crippen LogP contribution in [0.15, 0.2) is 0 Å². The van der Waals surface area contributed by atoms with Crippen molar-refractivity contribution in [2.45, 2.75) is 46.3 Å². The highest BCUT2D eigenvalue weighted by Crippen LogP contribution is 2.05. The van der Waals surface area contributed by atoms with Gasteiger partial charge in [-0.2, -0.15) is 0 Å². The Balaban J connectivity index is 0. The van der Waals surface area contributed by atoms with E-state index >= 15 is 0 Å². The quantitative estimate of drug-likeness (QED) is 0.669. The molecule has 0 spiro atoms. The standard InChI is InChI=1S/C9H21NO.H3N/c1-5-10(6-2)8(3)7-9(4)11;/h8-9,11H,5-7H2,1-4H3;1H3.